The number of nitrogens with two attached hydrogens (primary N) is 1. The fraction of sp³-hybridized carbons (Fsp3) is 0.455. The summed E-state index contributed by atoms with van der Waals surface area (Å²) in [6.45, 7) is 5.20. The zero-order valence-corrected chi connectivity index (χ0v) is 10.9. The van der Waals surface area contributed by atoms with Crippen LogP contribution in [0.15, 0.2) is 10.7 Å². The van der Waals surface area contributed by atoms with E-state index in [-0.39, 0.29) is 17.4 Å². The molecule has 0 atom stereocenters. The van der Waals surface area contributed by atoms with Crippen LogP contribution in [0.2, 0.25) is 0 Å². The van der Waals surface area contributed by atoms with Crippen LogP contribution in [-0.2, 0) is 6.54 Å². The summed E-state index contributed by atoms with van der Waals surface area (Å²) in [5.41, 5.74) is 7.53. The number of nitrogen functional groups attached to an aromatic ring is 1. The number of carbonyl (C=O) groups is 1. The van der Waals surface area contributed by atoms with E-state index in [0.717, 1.165) is 24.4 Å². The number of rotatable bonds is 5. The number of amides is 1. The molecule has 2 aromatic heterocycles. The maximum absolute atomic E-state index is 11.6. The molecule has 0 fully saturated rings. The smallest absolute Gasteiger partial charge is 0.277 e. The lowest BCUT2D eigenvalue weighted by atomic mass is 10.3. The van der Waals surface area contributed by atoms with E-state index in [2.05, 4.69) is 25.4 Å². The topological polar surface area (TPSA) is 112 Å². The summed E-state index contributed by atoms with van der Waals surface area (Å²) in [6.07, 6.45) is 0.763. The highest BCUT2D eigenvalue weighted by atomic mass is 16.6. The van der Waals surface area contributed by atoms with Crippen LogP contribution in [0.5, 0.6) is 0 Å². The van der Waals surface area contributed by atoms with Crippen LogP contribution < -0.4 is 11.1 Å². The van der Waals surface area contributed by atoms with Gasteiger partial charge in [-0.3, -0.25) is 9.48 Å². The Morgan fingerprint density at radius 3 is 2.84 bits per heavy atom. The fourth-order valence-corrected chi connectivity index (χ4v) is 1.77. The third-order valence-electron chi connectivity index (χ3n) is 2.66. The van der Waals surface area contributed by atoms with E-state index < -0.39 is 0 Å². The second-order valence-corrected chi connectivity index (χ2v) is 4.26. The second kappa shape index (κ2) is 5.51. The summed E-state index contributed by atoms with van der Waals surface area (Å²) in [7, 11) is 0. The fourth-order valence-electron chi connectivity index (χ4n) is 1.77. The number of anilines is 1. The van der Waals surface area contributed by atoms with Crippen molar-refractivity contribution in [2.75, 3.05) is 12.3 Å². The molecule has 0 radical (unpaired) electrons. The van der Waals surface area contributed by atoms with Crippen molar-refractivity contribution in [1.29, 1.82) is 0 Å². The molecule has 0 aromatic carbocycles. The van der Waals surface area contributed by atoms with Crippen LogP contribution in [0.1, 0.15) is 28.3 Å². The van der Waals surface area contributed by atoms with E-state index in [4.69, 9.17) is 5.73 Å². The molecule has 0 bridgehead atoms. The van der Waals surface area contributed by atoms with Gasteiger partial charge in [0.05, 0.1) is 5.69 Å². The molecule has 1 amide bonds. The van der Waals surface area contributed by atoms with Gasteiger partial charge in [-0.25, -0.2) is 4.63 Å². The number of aryl methyl sites for hydroxylation is 3. The van der Waals surface area contributed by atoms with Crippen LogP contribution in [0.4, 0.5) is 5.82 Å². The van der Waals surface area contributed by atoms with Gasteiger partial charge in [0.2, 0.25) is 11.5 Å². The molecule has 0 aliphatic rings. The van der Waals surface area contributed by atoms with Crippen molar-refractivity contribution in [2.45, 2.75) is 26.8 Å². The molecule has 8 heteroatoms. The Labute approximate surface area is 109 Å². The summed E-state index contributed by atoms with van der Waals surface area (Å²) in [6, 6.07) is 2.01. The van der Waals surface area contributed by atoms with Gasteiger partial charge >= 0.3 is 0 Å². The largest absolute Gasteiger partial charge is 0.379 e. The van der Waals surface area contributed by atoms with Crippen molar-refractivity contribution >= 4 is 11.7 Å². The molecule has 0 aliphatic carbocycles. The highest BCUT2D eigenvalue weighted by Crippen LogP contribution is 2.04. The normalized spacial score (nSPS) is 10.6. The molecular weight excluding hydrogens is 248 g/mol. The van der Waals surface area contributed by atoms with Crippen LogP contribution in [0, 0.1) is 13.8 Å². The summed E-state index contributed by atoms with van der Waals surface area (Å²) < 4.78 is 6.27. The van der Waals surface area contributed by atoms with Crippen LogP contribution in [0.25, 0.3) is 0 Å². The molecule has 0 saturated heterocycles. The van der Waals surface area contributed by atoms with Gasteiger partial charge in [-0.2, -0.15) is 5.10 Å². The van der Waals surface area contributed by atoms with Gasteiger partial charge in [0.15, 0.2) is 0 Å². The summed E-state index contributed by atoms with van der Waals surface area (Å²) in [4.78, 5) is 11.6. The van der Waals surface area contributed by atoms with E-state index in [0.29, 0.717) is 6.54 Å². The Morgan fingerprint density at radius 2 is 2.26 bits per heavy atom. The summed E-state index contributed by atoms with van der Waals surface area (Å²) in [5, 5.41) is 13.8. The molecule has 2 rings (SSSR count). The van der Waals surface area contributed by atoms with Gasteiger partial charge in [-0.05, 0) is 36.6 Å². The van der Waals surface area contributed by atoms with Gasteiger partial charge in [0.1, 0.15) is 0 Å². The Hall–Kier alpha value is -2.38. The van der Waals surface area contributed by atoms with Crippen LogP contribution in [-0.4, -0.2) is 32.5 Å². The number of nitrogens with one attached hydrogen (secondary N) is 1. The Balaban J connectivity index is 1.77. The maximum atomic E-state index is 11.6. The molecule has 19 heavy (non-hydrogen) atoms. The number of nitrogens with zero attached hydrogens (tertiary/aromatic N) is 4. The first kappa shape index (κ1) is 13.1. The van der Waals surface area contributed by atoms with Crippen LogP contribution >= 0.6 is 0 Å². The molecule has 102 valence electrons. The number of hydrogen-bond acceptors (Lipinski definition) is 6. The lowest BCUT2D eigenvalue weighted by molar-refractivity contribution is 0.0943. The molecule has 3 N–H and O–H groups in total. The zero-order chi connectivity index (χ0) is 13.8. The Kier molecular flexibility index (Phi) is 3.79. The minimum absolute atomic E-state index is 0.00366. The predicted octanol–water partition coefficient (Wildman–Crippen LogP) is 0.285. The van der Waals surface area contributed by atoms with Crippen molar-refractivity contribution in [3.63, 3.8) is 0 Å². The predicted molar refractivity (Wildman–Crippen MR) is 67.4 cm³/mol. The molecule has 2 aromatic rings. The third kappa shape index (κ3) is 3.09. The first-order valence-corrected chi connectivity index (χ1v) is 5.95. The van der Waals surface area contributed by atoms with Gasteiger partial charge in [-0.1, -0.05) is 0 Å². The van der Waals surface area contributed by atoms with Gasteiger partial charge < -0.3 is 11.1 Å². The van der Waals surface area contributed by atoms with Crippen molar-refractivity contribution in [2.24, 2.45) is 0 Å². The average Bonchev–Trinajstić information content (AvgIpc) is 2.91. The van der Waals surface area contributed by atoms with Gasteiger partial charge in [0.25, 0.3) is 5.91 Å². The number of hydrogen-bond donors (Lipinski definition) is 2. The standard InChI is InChI=1S/C11H16N6O2/c1-7-6-8(2)17(14-7)5-3-4-13-11(18)9-10(12)16-19-15-9/h6H,3-5H2,1-2H3,(H2,12,16)(H,13,18). The molecule has 0 spiro atoms. The number of aromatic nitrogens is 4. The van der Waals surface area contributed by atoms with Crippen molar-refractivity contribution in [1.82, 2.24) is 25.4 Å². The van der Waals surface area contributed by atoms with E-state index in [9.17, 15) is 4.79 Å². The number of carbonyl (C=O) groups excluding carboxylic acids is 1. The summed E-state index contributed by atoms with van der Waals surface area (Å²) >= 11 is 0. The van der Waals surface area contributed by atoms with Crippen molar-refractivity contribution < 1.29 is 9.42 Å². The molecule has 2 heterocycles. The van der Waals surface area contributed by atoms with E-state index in [1.807, 2.05) is 24.6 Å². The minimum atomic E-state index is -0.382. The first-order chi connectivity index (χ1) is 9.08. The van der Waals surface area contributed by atoms with E-state index in [1.165, 1.54) is 0 Å². The highest BCUT2D eigenvalue weighted by Gasteiger charge is 2.14. The van der Waals surface area contributed by atoms with Crippen molar-refractivity contribution in [3.8, 4) is 0 Å². The quantitative estimate of drug-likeness (QED) is 0.750. The van der Waals surface area contributed by atoms with E-state index in [1.54, 1.807) is 0 Å². The average molecular weight is 264 g/mol. The SMILES string of the molecule is Cc1cc(C)n(CCCNC(=O)c2nonc2N)n1. The van der Waals surface area contributed by atoms with Gasteiger partial charge in [0, 0.05) is 18.8 Å². The second-order valence-electron chi connectivity index (χ2n) is 4.26. The Bertz CT molecular complexity index is 574. The van der Waals surface area contributed by atoms with Gasteiger partial charge in [-0.15, -0.1) is 0 Å². The highest BCUT2D eigenvalue weighted by molar-refractivity contribution is 5.95. The molecule has 0 saturated carbocycles. The lowest BCUT2D eigenvalue weighted by Gasteiger charge is -2.05. The molecule has 8 nitrogen and oxygen atoms in total. The Morgan fingerprint density at radius 1 is 1.47 bits per heavy atom. The summed E-state index contributed by atoms with van der Waals surface area (Å²) in [5.74, 6) is -0.386. The minimum Gasteiger partial charge on any atom is -0.379 e. The van der Waals surface area contributed by atoms with Crippen LogP contribution in [0.3, 0.4) is 0 Å². The third-order valence-corrected chi connectivity index (χ3v) is 2.66. The molecule has 0 unspecified atom stereocenters. The monoisotopic (exact) mass is 264 g/mol. The van der Waals surface area contributed by atoms with E-state index >= 15 is 0 Å². The molecule has 0 aliphatic heterocycles. The first-order valence-electron chi connectivity index (χ1n) is 5.95. The lowest BCUT2D eigenvalue weighted by Crippen LogP contribution is -2.26. The zero-order valence-electron chi connectivity index (χ0n) is 10.9. The molecular formula is C11H16N6O2. The van der Waals surface area contributed by atoms with Crippen molar-refractivity contribution in [3.05, 3.63) is 23.1 Å². The maximum Gasteiger partial charge on any atom is 0.277 e.